The number of pyridine rings is 1. The topological polar surface area (TPSA) is 50.3 Å². The van der Waals surface area contributed by atoms with Crippen LogP contribution in [-0.2, 0) is 9.84 Å². The van der Waals surface area contributed by atoms with E-state index >= 15 is 0 Å². The second-order valence-electron chi connectivity index (χ2n) is 6.03. The Labute approximate surface area is 141 Å². The molecule has 0 atom stereocenters. The van der Waals surface area contributed by atoms with E-state index in [1.165, 1.54) is 19.0 Å². The van der Waals surface area contributed by atoms with Crippen LogP contribution in [0, 0.1) is 0 Å². The van der Waals surface area contributed by atoms with Crippen molar-refractivity contribution in [2.45, 2.75) is 22.6 Å². The fraction of sp³-hybridized carbons (Fsp3) is 0.211. The molecule has 2 heterocycles. The Morgan fingerprint density at radius 2 is 1.62 bits per heavy atom. The van der Waals surface area contributed by atoms with Gasteiger partial charge in [-0.2, -0.15) is 0 Å². The first-order valence-corrected chi connectivity index (χ1v) is 9.58. The monoisotopic (exact) mass is 338 g/mol. The zero-order valence-corrected chi connectivity index (χ0v) is 14.0. The van der Waals surface area contributed by atoms with Crippen LogP contribution in [0.15, 0.2) is 70.6 Å². The van der Waals surface area contributed by atoms with Crippen LogP contribution >= 0.6 is 0 Å². The van der Waals surface area contributed by atoms with E-state index in [1.54, 1.807) is 36.4 Å². The lowest BCUT2D eigenvalue weighted by Crippen LogP contribution is -2.18. The molecule has 24 heavy (non-hydrogen) atoms. The Kier molecular flexibility index (Phi) is 3.73. The Balaban J connectivity index is 1.82. The fourth-order valence-corrected chi connectivity index (χ4v) is 4.48. The van der Waals surface area contributed by atoms with Gasteiger partial charge in [0.1, 0.15) is 0 Å². The van der Waals surface area contributed by atoms with Crippen LogP contribution in [-0.4, -0.2) is 26.5 Å². The number of rotatable bonds is 3. The Hall–Kier alpha value is -2.40. The number of fused-ring (bicyclic) bond motifs is 1. The maximum atomic E-state index is 12.8. The quantitative estimate of drug-likeness (QED) is 0.731. The van der Waals surface area contributed by atoms with Crippen LogP contribution in [0.2, 0.25) is 0 Å². The van der Waals surface area contributed by atoms with E-state index in [4.69, 9.17) is 0 Å². The summed E-state index contributed by atoms with van der Waals surface area (Å²) >= 11 is 0. The molecule has 3 aromatic rings. The third-order valence-electron chi connectivity index (χ3n) is 4.48. The molecule has 4 rings (SSSR count). The number of sulfone groups is 1. The van der Waals surface area contributed by atoms with E-state index in [-0.39, 0.29) is 4.90 Å². The number of hydrogen-bond acceptors (Lipinski definition) is 4. The smallest absolute Gasteiger partial charge is 0.208 e. The van der Waals surface area contributed by atoms with Crippen LogP contribution in [0.4, 0.5) is 5.69 Å². The number of aromatic nitrogens is 1. The molecular weight excluding hydrogens is 320 g/mol. The summed E-state index contributed by atoms with van der Waals surface area (Å²) < 4.78 is 25.5. The van der Waals surface area contributed by atoms with Crippen molar-refractivity contribution in [3.05, 3.63) is 60.8 Å². The minimum atomic E-state index is -3.54. The summed E-state index contributed by atoms with van der Waals surface area (Å²) in [5.41, 5.74) is 1.96. The normalized spacial score (nSPS) is 15.1. The minimum Gasteiger partial charge on any atom is -0.370 e. The second-order valence-corrected chi connectivity index (χ2v) is 7.98. The molecule has 1 fully saturated rings. The van der Waals surface area contributed by atoms with Crippen molar-refractivity contribution in [1.29, 1.82) is 0 Å². The summed E-state index contributed by atoms with van der Waals surface area (Å²) in [5.74, 6) is 0. The summed E-state index contributed by atoms with van der Waals surface area (Å²) in [4.78, 5) is 7.35. The van der Waals surface area contributed by atoms with Crippen LogP contribution in [0.5, 0.6) is 0 Å². The van der Waals surface area contributed by atoms with Gasteiger partial charge in [-0.1, -0.05) is 30.3 Å². The molecule has 0 aliphatic carbocycles. The van der Waals surface area contributed by atoms with Gasteiger partial charge in [-0.15, -0.1) is 0 Å². The predicted molar refractivity (Wildman–Crippen MR) is 95.1 cm³/mol. The molecule has 1 aromatic heterocycles. The molecule has 1 aliphatic heterocycles. The highest BCUT2D eigenvalue weighted by Gasteiger charge is 2.20. The lowest BCUT2D eigenvalue weighted by Gasteiger charge is -2.19. The van der Waals surface area contributed by atoms with Gasteiger partial charge in [0.25, 0.3) is 0 Å². The number of benzene rings is 2. The molecule has 1 saturated heterocycles. The van der Waals surface area contributed by atoms with Crippen molar-refractivity contribution in [3.63, 3.8) is 0 Å². The van der Waals surface area contributed by atoms with E-state index in [0.717, 1.165) is 29.7 Å². The highest BCUT2D eigenvalue weighted by molar-refractivity contribution is 7.91. The molecular formula is C19H18N2O2S. The fourth-order valence-electron chi connectivity index (χ4n) is 3.22. The molecule has 4 nitrogen and oxygen atoms in total. The molecule has 5 heteroatoms. The number of hydrogen-bond donors (Lipinski definition) is 0. The third kappa shape index (κ3) is 2.55. The van der Waals surface area contributed by atoms with Gasteiger partial charge in [0, 0.05) is 24.7 Å². The molecule has 0 amide bonds. The summed E-state index contributed by atoms with van der Waals surface area (Å²) in [7, 11) is -3.54. The molecule has 0 radical (unpaired) electrons. The zero-order chi connectivity index (χ0) is 16.6. The maximum absolute atomic E-state index is 12.8. The van der Waals surface area contributed by atoms with Crippen molar-refractivity contribution >= 4 is 26.4 Å². The van der Waals surface area contributed by atoms with Crippen molar-refractivity contribution in [3.8, 4) is 0 Å². The predicted octanol–water partition coefficient (Wildman–Crippen LogP) is 3.67. The SMILES string of the molecule is O=S(=O)(c1ccccc1)c1cnc2c(N3CCCC3)cccc2c1. The van der Waals surface area contributed by atoms with E-state index < -0.39 is 9.84 Å². The van der Waals surface area contributed by atoms with E-state index in [1.807, 2.05) is 12.1 Å². The first-order chi connectivity index (χ1) is 11.7. The molecule has 0 unspecified atom stereocenters. The molecule has 1 aliphatic rings. The number of nitrogens with zero attached hydrogens (tertiary/aromatic N) is 2. The van der Waals surface area contributed by atoms with Gasteiger partial charge < -0.3 is 4.90 Å². The van der Waals surface area contributed by atoms with Gasteiger partial charge in [0.2, 0.25) is 9.84 Å². The summed E-state index contributed by atoms with van der Waals surface area (Å²) in [6, 6.07) is 16.2. The lowest BCUT2D eigenvalue weighted by molar-refractivity contribution is 0.596. The van der Waals surface area contributed by atoms with Gasteiger partial charge in [-0.05, 0) is 37.1 Å². The van der Waals surface area contributed by atoms with E-state index in [0.29, 0.717) is 4.90 Å². The Bertz CT molecular complexity index is 979. The standard InChI is InChI=1S/C19H18N2O2S/c22-24(23,16-8-2-1-3-9-16)17-13-15-7-6-10-18(19(15)20-14-17)21-11-4-5-12-21/h1-3,6-10,13-14H,4-5,11-12H2. The average molecular weight is 338 g/mol. The first-order valence-electron chi connectivity index (χ1n) is 8.10. The van der Waals surface area contributed by atoms with Gasteiger partial charge in [0.05, 0.1) is 21.0 Å². The molecule has 0 N–H and O–H groups in total. The van der Waals surface area contributed by atoms with Crippen LogP contribution in [0.1, 0.15) is 12.8 Å². The van der Waals surface area contributed by atoms with Crippen LogP contribution < -0.4 is 4.90 Å². The van der Waals surface area contributed by atoms with Crippen molar-refractivity contribution < 1.29 is 8.42 Å². The minimum absolute atomic E-state index is 0.236. The largest absolute Gasteiger partial charge is 0.370 e. The molecule has 0 saturated carbocycles. The third-order valence-corrected chi connectivity index (χ3v) is 6.21. The molecule has 2 aromatic carbocycles. The molecule has 122 valence electrons. The zero-order valence-electron chi connectivity index (χ0n) is 13.2. The highest BCUT2D eigenvalue weighted by atomic mass is 32.2. The van der Waals surface area contributed by atoms with Crippen molar-refractivity contribution in [2.24, 2.45) is 0 Å². The lowest BCUT2D eigenvalue weighted by atomic mass is 10.2. The van der Waals surface area contributed by atoms with Gasteiger partial charge >= 0.3 is 0 Å². The average Bonchev–Trinajstić information content (AvgIpc) is 3.16. The van der Waals surface area contributed by atoms with Crippen LogP contribution in [0.25, 0.3) is 10.9 Å². The number of anilines is 1. The molecule has 0 bridgehead atoms. The summed E-state index contributed by atoms with van der Waals surface area (Å²) in [5, 5.41) is 0.858. The van der Waals surface area contributed by atoms with Crippen LogP contribution in [0.3, 0.4) is 0 Å². The summed E-state index contributed by atoms with van der Waals surface area (Å²) in [6.07, 6.45) is 3.86. The van der Waals surface area contributed by atoms with Crippen molar-refractivity contribution in [1.82, 2.24) is 4.98 Å². The Morgan fingerprint density at radius 1 is 0.875 bits per heavy atom. The van der Waals surface area contributed by atoms with Gasteiger partial charge in [-0.25, -0.2) is 8.42 Å². The number of para-hydroxylation sites is 1. The second kappa shape index (κ2) is 5.91. The summed E-state index contributed by atoms with van der Waals surface area (Å²) in [6.45, 7) is 2.07. The van der Waals surface area contributed by atoms with E-state index in [9.17, 15) is 8.42 Å². The van der Waals surface area contributed by atoms with Crippen molar-refractivity contribution in [2.75, 3.05) is 18.0 Å². The molecule has 0 spiro atoms. The van der Waals surface area contributed by atoms with Gasteiger partial charge in [-0.3, -0.25) is 4.98 Å². The Morgan fingerprint density at radius 3 is 2.38 bits per heavy atom. The maximum Gasteiger partial charge on any atom is 0.208 e. The van der Waals surface area contributed by atoms with E-state index in [2.05, 4.69) is 16.0 Å². The van der Waals surface area contributed by atoms with Gasteiger partial charge in [0.15, 0.2) is 0 Å². The highest BCUT2D eigenvalue weighted by Crippen LogP contribution is 2.30. The first kappa shape index (κ1) is 15.1.